The summed E-state index contributed by atoms with van der Waals surface area (Å²) in [6, 6.07) is 5.79. The Labute approximate surface area is 118 Å². The van der Waals surface area contributed by atoms with Crippen LogP contribution in [0, 0.1) is 5.82 Å². The van der Waals surface area contributed by atoms with Crippen LogP contribution in [0.5, 0.6) is 0 Å². The first kappa shape index (κ1) is 14.0. The molecule has 1 aromatic carbocycles. The zero-order chi connectivity index (χ0) is 13.8. The number of benzene rings is 1. The van der Waals surface area contributed by atoms with E-state index in [-0.39, 0.29) is 17.1 Å². The Morgan fingerprint density at radius 3 is 2.89 bits per heavy atom. The summed E-state index contributed by atoms with van der Waals surface area (Å²) in [5.74, 6) is -1.33. The van der Waals surface area contributed by atoms with Gasteiger partial charge in [-0.25, -0.2) is 4.39 Å². The van der Waals surface area contributed by atoms with Gasteiger partial charge in [0.1, 0.15) is 5.82 Å². The fourth-order valence-electron chi connectivity index (χ4n) is 1.57. The van der Waals surface area contributed by atoms with Crippen molar-refractivity contribution in [2.75, 3.05) is 6.54 Å². The second kappa shape index (κ2) is 6.14. The summed E-state index contributed by atoms with van der Waals surface area (Å²) in [4.78, 5) is 11.8. The van der Waals surface area contributed by atoms with Gasteiger partial charge in [-0.05, 0) is 34.5 Å². The molecule has 0 radical (unpaired) electrons. The van der Waals surface area contributed by atoms with Crippen molar-refractivity contribution < 1.29 is 14.3 Å². The summed E-state index contributed by atoms with van der Waals surface area (Å²) in [6.07, 6.45) is -0.819. The van der Waals surface area contributed by atoms with E-state index in [2.05, 4.69) is 5.32 Å². The first-order valence-electron chi connectivity index (χ1n) is 5.52. The van der Waals surface area contributed by atoms with Crippen LogP contribution in [0.4, 0.5) is 4.39 Å². The molecule has 0 fully saturated rings. The molecule has 0 unspecified atom stereocenters. The van der Waals surface area contributed by atoms with E-state index in [0.717, 1.165) is 6.07 Å². The number of hydrogen-bond donors (Lipinski definition) is 2. The van der Waals surface area contributed by atoms with Crippen LogP contribution in [-0.4, -0.2) is 17.6 Å². The molecule has 0 saturated heterocycles. The monoisotopic (exact) mass is 299 g/mol. The van der Waals surface area contributed by atoms with Gasteiger partial charge in [0, 0.05) is 6.54 Å². The van der Waals surface area contributed by atoms with E-state index < -0.39 is 17.8 Å². The van der Waals surface area contributed by atoms with Crippen molar-refractivity contribution in [3.05, 3.63) is 57.0 Å². The van der Waals surface area contributed by atoms with Gasteiger partial charge in [0.15, 0.2) is 0 Å². The van der Waals surface area contributed by atoms with Gasteiger partial charge in [0.2, 0.25) is 0 Å². The van der Waals surface area contributed by atoms with Crippen molar-refractivity contribution in [3.63, 3.8) is 0 Å². The maximum atomic E-state index is 13.5. The summed E-state index contributed by atoms with van der Waals surface area (Å²) < 4.78 is 13.5. The molecule has 0 aliphatic rings. The molecule has 1 atom stereocenters. The molecule has 2 aromatic rings. The summed E-state index contributed by atoms with van der Waals surface area (Å²) in [5, 5.41) is 15.9. The number of nitrogens with one attached hydrogen (secondary N) is 1. The Kier molecular flexibility index (Phi) is 4.52. The highest BCUT2D eigenvalue weighted by atomic mass is 35.5. The molecule has 0 bridgehead atoms. The zero-order valence-electron chi connectivity index (χ0n) is 9.77. The fourth-order valence-corrected chi connectivity index (χ4v) is 2.53. The first-order chi connectivity index (χ1) is 9.09. The molecule has 19 heavy (non-hydrogen) atoms. The second-order valence-electron chi connectivity index (χ2n) is 3.88. The molecule has 100 valence electrons. The number of hydrogen-bond acceptors (Lipinski definition) is 3. The molecule has 0 spiro atoms. The Hall–Kier alpha value is -1.43. The lowest BCUT2D eigenvalue weighted by molar-refractivity contribution is 0.0912. The molecular formula is C13H11ClFNO2S. The largest absolute Gasteiger partial charge is 0.387 e. The van der Waals surface area contributed by atoms with E-state index in [1.165, 1.54) is 23.5 Å². The van der Waals surface area contributed by atoms with Crippen molar-refractivity contribution in [1.29, 1.82) is 0 Å². The van der Waals surface area contributed by atoms with E-state index in [1.54, 1.807) is 11.4 Å². The van der Waals surface area contributed by atoms with E-state index in [4.69, 9.17) is 11.6 Å². The maximum absolute atomic E-state index is 13.5. The number of amides is 1. The summed E-state index contributed by atoms with van der Waals surface area (Å²) in [6.45, 7) is 0.000228. The van der Waals surface area contributed by atoms with E-state index in [0.29, 0.717) is 5.56 Å². The molecule has 1 amide bonds. The van der Waals surface area contributed by atoms with Gasteiger partial charge < -0.3 is 10.4 Å². The van der Waals surface area contributed by atoms with E-state index in [9.17, 15) is 14.3 Å². The van der Waals surface area contributed by atoms with Gasteiger partial charge >= 0.3 is 0 Å². The minimum atomic E-state index is -0.819. The fraction of sp³-hybridized carbons (Fsp3) is 0.154. The molecule has 2 N–H and O–H groups in total. The van der Waals surface area contributed by atoms with Gasteiger partial charge in [0.25, 0.3) is 5.91 Å². The van der Waals surface area contributed by atoms with E-state index in [1.807, 2.05) is 5.38 Å². The Morgan fingerprint density at radius 1 is 1.47 bits per heavy atom. The van der Waals surface area contributed by atoms with Gasteiger partial charge in [0.05, 0.1) is 16.7 Å². The third-order valence-corrected chi connectivity index (χ3v) is 3.59. The third kappa shape index (κ3) is 3.32. The van der Waals surface area contributed by atoms with Crippen molar-refractivity contribution >= 4 is 28.8 Å². The number of carbonyl (C=O) groups excluding carboxylic acids is 1. The third-order valence-electron chi connectivity index (χ3n) is 2.57. The molecular weight excluding hydrogens is 289 g/mol. The van der Waals surface area contributed by atoms with Crippen LogP contribution in [0.3, 0.4) is 0 Å². The first-order valence-corrected chi connectivity index (χ1v) is 6.84. The van der Waals surface area contributed by atoms with Crippen LogP contribution in [0.25, 0.3) is 0 Å². The van der Waals surface area contributed by atoms with Crippen LogP contribution in [0.15, 0.2) is 35.0 Å². The predicted octanol–water partition coefficient (Wildman–Crippen LogP) is 3.00. The number of rotatable bonds is 4. The van der Waals surface area contributed by atoms with Gasteiger partial charge in [-0.1, -0.05) is 17.7 Å². The van der Waals surface area contributed by atoms with Gasteiger partial charge in [-0.3, -0.25) is 4.79 Å². The highest BCUT2D eigenvalue weighted by molar-refractivity contribution is 7.07. The normalized spacial score (nSPS) is 12.2. The quantitative estimate of drug-likeness (QED) is 0.912. The Balaban J connectivity index is 2.02. The smallest absolute Gasteiger partial charge is 0.255 e. The second-order valence-corrected chi connectivity index (χ2v) is 5.07. The lowest BCUT2D eigenvalue weighted by atomic mass is 10.1. The number of aliphatic hydroxyl groups excluding tert-OH is 1. The van der Waals surface area contributed by atoms with Crippen LogP contribution in [0.1, 0.15) is 22.0 Å². The minimum absolute atomic E-state index is 0.000228. The van der Waals surface area contributed by atoms with E-state index >= 15 is 0 Å². The van der Waals surface area contributed by atoms with Crippen LogP contribution in [0.2, 0.25) is 5.02 Å². The topological polar surface area (TPSA) is 49.3 Å². The predicted molar refractivity (Wildman–Crippen MR) is 73.0 cm³/mol. The highest BCUT2D eigenvalue weighted by Gasteiger charge is 2.17. The maximum Gasteiger partial charge on any atom is 0.255 e. The Bertz CT molecular complexity index is 554. The average Bonchev–Trinajstić information content (AvgIpc) is 2.89. The lowest BCUT2D eigenvalue weighted by Crippen LogP contribution is -2.29. The molecule has 0 saturated carbocycles. The number of halogens is 2. The van der Waals surface area contributed by atoms with Crippen molar-refractivity contribution in [2.24, 2.45) is 0 Å². The van der Waals surface area contributed by atoms with Crippen molar-refractivity contribution in [2.45, 2.75) is 6.10 Å². The van der Waals surface area contributed by atoms with Gasteiger partial charge in [-0.15, -0.1) is 0 Å². The van der Waals surface area contributed by atoms with Gasteiger partial charge in [-0.2, -0.15) is 11.3 Å². The molecule has 0 aliphatic carbocycles. The summed E-state index contributed by atoms with van der Waals surface area (Å²) in [7, 11) is 0. The number of carbonyl (C=O) groups is 1. The van der Waals surface area contributed by atoms with Crippen LogP contribution >= 0.6 is 22.9 Å². The summed E-state index contributed by atoms with van der Waals surface area (Å²) >= 11 is 7.23. The Morgan fingerprint density at radius 2 is 2.26 bits per heavy atom. The lowest BCUT2D eigenvalue weighted by Gasteiger charge is -2.11. The molecule has 1 heterocycles. The molecule has 6 heteroatoms. The highest BCUT2D eigenvalue weighted by Crippen LogP contribution is 2.19. The van der Waals surface area contributed by atoms with Crippen LogP contribution in [-0.2, 0) is 0 Å². The van der Waals surface area contributed by atoms with Crippen molar-refractivity contribution in [1.82, 2.24) is 5.32 Å². The number of thiophene rings is 1. The minimum Gasteiger partial charge on any atom is -0.387 e. The SMILES string of the molecule is O=C(NC[C@H](O)c1ccsc1)c1c(F)cccc1Cl. The standard InChI is InChI=1S/C13H11ClFNO2S/c14-9-2-1-3-10(15)12(9)13(18)16-6-11(17)8-4-5-19-7-8/h1-5,7,11,17H,6H2,(H,16,18)/t11-/m0/s1. The molecule has 1 aromatic heterocycles. The number of aliphatic hydroxyl groups is 1. The average molecular weight is 300 g/mol. The molecule has 3 nitrogen and oxygen atoms in total. The van der Waals surface area contributed by atoms with Crippen LogP contribution < -0.4 is 5.32 Å². The molecule has 0 aliphatic heterocycles. The summed E-state index contributed by atoms with van der Waals surface area (Å²) in [5.41, 5.74) is 0.506. The zero-order valence-corrected chi connectivity index (χ0v) is 11.3. The van der Waals surface area contributed by atoms with Crippen molar-refractivity contribution in [3.8, 4) is 0 Å². The molecule has 2 rings (SSSR count).